The standard InChI is InChI=1S/C22H22ClN3O3/c23-18-6-2-4-8-20(18)29-14-13-25-9-11-26(12-10-25)22(28)17-15-21(27)24-19-7-3-1-5-16(17)19/h1-8,15H,9-14H2,(H,24,27). The molecule has 1 saturated heterocycles. The van der Waals surface area contributed by atoms with Crippen molar-refractivity contribution in [1.29, 1.82) is 0 Å². The van der Waals surface area contributed by atoms with Gasteiger partial charge in [-0.05, 0) is 18.2 Å². The molecule has 4 rings (SSSR count). The lowest BCUT2D eigenvalue weighted by atomic mass is 10.1. The third-order valence-corrected chi connectivity index (χ3v) is 5.45. The van der Waals surface area contributed by atoms with Crippen LogP contribution >= 0.6 is 11.6 Å². The number of piperazine rings is 1. The van der Waals surface area contributed by atoms with Gasteiger partial charge in [-0.3, -0.25) is 14.5 Å². The predicted molar refractivity (Wildman–Crippen MR) is 114 cm³/mol. The summed E-state index contributed by atoms with van der Waals surface area (Å²) in [5.74, 6) is 0.587. The Morgan fingerprint density at radius 3 is 2.55 bits per heavy atom. The van der Waals surface area contributed by atoms with E-state index in [1.165, 1.54) is 6.07 Å². The summed E-state index contributed by atoms with van der Waals surface area (Å²) in [5.41, 5.74) is 0.876. The number of nitrogens with one attached hydrogen (secondary N) is 1. The number of ether oxygens (including phenoxy) is 1. The summed E-state index contributed by atoms with van der Waals surface area (Å²) in [6, 6.07) is 16.2. The van der Waals surface area contributed by atoms with E-state index in [0.717, 1.165) is 25.0 Å². The van der Waals surface area contributed by atoms with E-state index >= 15 is 0 Å². The van der Waals surface area contributed by atoms with Crippen LogP contribution in [0.25, 0.3) is 10.9 Å². The van der Waals surface area contributed by atoms with E-state index in [2.05, 4.69) is 9.88 Å². The molecule has 0 atom stereocenters. The maximum atomic E-state index is 13.0. The number of hydrogen-bond acceptors (Lipinski definition) is 4. The van der Waals surface area contributed by atoms with Crippen LogP contribution in [0.1, 0.15) is 10.4 Å². The summed E-state index contributed by atoms with van der Waals surface area (Å²) in [7, 11) is 0. The van der Waals surface area contributed by atoms with E-state index in [9.17, 15) is 9.59 Å². The smallest absolute Gasteiger partial charge is 0.254 e. The first-order chi connectivity index (χ1) is 14.1. The molecular weight excluding hydrogens is 390 g/mol. The highest BCUT2D eigenvalue weighted by Crippen LogP contribution is 2.23. The number of pyridine rings is 1. The second-order valence-electron chi connectivity index (χ2n) is 7.01. The van der Waals surface area contributed by atoms with Gasteiger partial charge in [-0.2, -0.15) is 0 Å². The Balaban J connectivity index is 1.35. The van der Waals surface area contributed by atoms with Crippen molar-refractivity contribution in [2.45, 2.75) is 0 Å². The number of aromatic amines is 1. The molecule has 0 unspecified atom stereocenters. The van der Waals surface area contributed by atoms with Gasteiger partial charge in [0.25, 0.3) is 5.91 Å². The van der Waals surface area contributed by atoms with E-state index in [-0.39, 0.29) is 11.5 Å². The van der Waals surface area contributed by atoms with Crippen LogP contribution in [0.5, 0.6) is 5.75 Å². The number of amides is 1. The molecule has 1 aromatic heterocycles. The molecule has 6 nitrogen and oxygen atoms in total. The average Bonchev–Trinajstić information content (AvgIpc) is 2.74. The minimum Gasteiger partial charge on any atom is -0.491 e. The molecule has 1 aliphatic rings. The number of hydrogen-bond donors (Lipinski definition) is 1. The van der Waals surface area contributed by atoms with Gasteiger partial charge in [-0.25, -0.2) is 0 Å². The summed E-state index contributed by atoms with van der Waals surface area (Å²) in [6.45, 7) is 4.06. The Morgan fingerprint density at radius 2 is 1.76 bits per heavy atom. The second kappa shape index (κ2) is 8.68. The summed E-state index contributed by atoms with van der Waals surface area (Å²) in [6.07, 6.45) is 0. The molecular formula is C22H22ClN3O3. The monoisotopic (exact) mass is 411 g/mol. The first kappa shape index (κ1) is 19.5. The highest BCUT2D eigenvalue weighted by atomic mass is 35.5. The third-order valence-electron chi connectivity index (χ3n) is 5.14. The Bertz CT molecular complexity index is 1070. The van der Waals surface area contributed by atoms with Gasteiger partial charge in [0, 0.05) is 49.7 Å². The van der Waals surface area contributed by atoms with Crippen molar-refractivity contribution in [2.75, 3.05) is 39.3 Å². The number of halogens is 1. The molecule has 7 heteroatoms. The third kappa shape index (κ3) is 4.44. The Morgan fingerprint density at radius 1 is 1.03 bits per heavy atom. The number of nitrogens with zero attached hydrogens (tertiary/aromatic N) is 2. The Labute approximate surface area is 173 Å². The quantitative estimate of drug-likeness (QED) is 0.700. The summed E-state index contributed by atoms with van der Waals surface area (Å²) < 4.78 is 5.75. The molecule has 1 N–H and O–H groups in total. The zero-order valence-electron chi connectivity index (χ0n) is 15.9. The molecule has 0 saturated carbocycles. The normalized spacial score (nSPS) is 14.9. The number of aromatic nitrogens is 1. The molecule has 3 aromatic rings. The summed E-state index contributed by atoms with van der Waals surface area (Å²) in [5, 5.41) is 1.38. The molecule has 1 amide bonds. The van der Waals surface area contributed by atoms with E-state index in [1.807, 2.05) is 47.4 Å². The average molecular weight is 412 g/mol. The highest BCUT2D eigenvalue weighted by Gasteiger charge is 2.23. The molecule has 1 fully saturated rings. The van der Waals surface area contributed by atoms with Crippen LogP contribution in [0.3, 0.4) is 0 Å². The number of carbonyl (C=O) groups is 1. The molecule has 2 aromatic carbocycles. The number of H-pyrrole nitrogens is 1. The van der Waals surface area contributed by atoms with E-state index in [4.69, 9.17) is 16.3 Å². The van der Waals surface area contributed by atoms with Crippen molar-refractivity contribution in [3.63, 3.8) is 0 Å². The minimum atomic E-state index is -0.262. The molecule has 29 heavy (non-hydrogen) atoms. The van der Waals surface area contributed by atoms with Crippen LogP contribution in [-0.2, 0) is 0 Å². The first-order valence-corrected chi connectivity index (χ1v) is 10.0. The molecule has 150 valence electrons. The predicted octanol–water partition coefficient (Wildman–Crippen LogP) is 3.02. The SMILES string of the molecule is O=C(c1cc(=O)[nH]c2ccccc12)N1CCN(CCOc2ccccc2Cl)CC1. The van der Waals surface area contributed by atoms with E-state index in [0.29, 0.717) is 41.5 Å². The van der Waals surface area contributed by atoms with Crippen molar-refractivity contribution in [3.05, 3.63) is 75.5 Å². The second-order valence-corrected chi connectivity index (χ2v) is 7.41. The number of fused-ring (bicyclic) bond motifs is 1. The fraction of sp³-hybridized carbons (Fsp3) is 0.273. The van der Waals surface area contributed by atoms with Crippen molar-refractivity contribution in [1.82, 2.24) is 14.8 Å². The van der Waals surface area contributed by atoms with Crippen LogP contribution in [0.15, 0.2) is 59.4 Å². The lowest BCUT2D eigenvalue weighted by molar-refractivity contribution is 0.0622. The molecule has 1 aliphatic heterocycles. The number of carbonyl (C=O) groups excluding carboxylic acids is 1. The zero-order chi connectivity index (χ0) is 20.2. The number of benzene rings is 2. The maximum absolute atomic E-state index is 13.0. The zero-order valence-corrected chi connectivity index (χ0v) is 16.7. The lowest BCUT2D eigenvalue weighted by Gasteiger charge is -2.34. The van der Waals surface area contributed by atoms with Crippen LogP contribution in [-0.4, -0.2) is 60.0 Å². The van der Waals surface area contributed by atoms with Gasteiger partial charge < -0.3 is 14.6 Å². The van der Waals surface area contributed by atoms with Crippen LogP contribution in [0.2, 0.25) is 5.02 Å². The largest absolute Gasteiger partial charge is 0.491 e. The summed E-state index contributed by atoms with van der Waals surface area (Å²) >= 11 is 6.10. The summed E-state index contributed by atoms with van der Waals surface area (Å²) in [4.78, 5) is 31.8. The minimum absolute atomic E-state index is 0.0979. The maximum Gasteiger partial charge on any atom is 0.254 e. The molecule has 0 spiro atoms. The van der Waals surface area contributed by atoms with Gasteiger partial charge in [-0.1, -0.05) is 41.9 Å². The van der Waals surface area contributed by atoms with E-state index < -0.39 is 0 Å². The fourth-order valence-corrected chi connectivity index (χ4v) is 3.76. The van der Waals surface area contributed by atoms with Crippen LogP contribution in [0.4, 0.5) is 0 Å². The molecule has 0 bridgehead atoms. The highest BCUT2D eigenvalue weighted by molar-refractivity contribution is 6.32. The van der Waals surface area contributed by atoms with Gasteiger partial charge in [-0.15, -0.1) is 0 Å². The van der Waals surface area contributed by atoms with Gasteiger partial charge in [0.1, 0.15) is 12.4 Å². The Kier molecular flexibility index (Phi) is 5.83. The van der Waals surface area contributed by atoms with Gasteiger partial charge in [0.05, 0.1) is 10.6 Å². The van der Waals surface area contributed by atoms with Crippen molar-refractivity contribution >= 4 is 28.4 Å². The lowest BCUT2D eigenvalue weighted by Crippen LogP contribution is -2.49. The fourth-order valence-electron chi connectivity index (χ4n) is 3.57. The van der Waals surface area contributed by atoms with Crippen molar-refractivity contribution in [2.24, 2.45) is 0 Å². The van der Waals surface area contributed by atoms with Gasteiger partial charge in [0.2, 0.25) is 5.56 Å². The molecule has 0 aliphatic carbocycles. The number of para-hydroxylation sites is 2. The van der Waals surface area contributed by atoms with Crippen molar-refractivity contribution < 1.29 is 9.53 Å². The Hall–Kier alpha value is -2.83. The van der Waals surface area contributed by atoms with E-state index in [1.54, 1.807) is 6.07 Å². The number of rotatable bonds is 5. The van der Waals surface area contributed by atoms with Gasteiger partial charge in [0.15, 0.2) is 0 Å². The van der Waals surface area contributed by atoms with Crippen LogP contribution < -0.4 is 10.3 Å². The first-order valence-electron chi connectivity index (χ1n) is 9.63. The topological polar surface area (TPSA) is 65.6 Å². The molecule has 0 radical (unpaired) electrons. The van der Waals surface area contributed by atoms with Gasteiger partial charge >= 0.3 is 0 Å². The van der Waals surface area contributed by atoms with Crippen molar-refractivity contribution in [3.8, 4) is 5.75 Å². The molecule has 2 heterocycles. The van der Waals surface area contributed by atoms with Crippen LogP contribution in [0, 0.1) is 0 Å².